The van der Waals surface area contributed by atoms with Crippen molar-refractivity contribution in [3.63, 3.8) is 0 Å². The Morgan fingerprint density at radius 3 is 2.81 bits per heavy atom. The Morgan fingerprint density at radius 2 is 2.03 bits per heavy atom. The monoisotopic (exact) mass is 426 g/mol. The van der Waals surface area contributed by atoms with Gasteiger partial charge in [-0.2, -0.15) is 0 Å². The van der Waals surface area contributed by atoms with Crippen molar-refractivity contribution in [1.29, 1.82) is 0 Å². The summed E-state index contributed by atoms with van der Waals surface area (Å²) in [6, 6.07) is 16.5. The molecule has 0 bridgehead atoms. The van der Waals surface area contributed by atoms with E-state index < -0.39 is 0 Å². The van der Waals surface area contributed by atoms with E-state index in [4.69, 9.17) is 9.97 Å². The first kappa shape index (κ1) is 20.8. The fourth-order valence-corrected chi connectivity index (χ4v) is 4.84. The molecule has 3 aromatic rings. The lowest BCUT2D eigenvalue weighted by Crippen LogP contribution is -2.33. The Balaban J connectivity index is 1.49. The largest absolute Gasteiger partial charge is 0.369 e. The molecule has 2 heterocycles. The maximum absolute atomic E-state index is 12.2. The second-order valence-electron chi connectivity index (χ2n) is 8.89. The Morgan fingerprint density at radius 1 is 1.16 bits per heavy atom. The number of aromatic nitrogens is 2. The highest BCUT2D eigenvalue weighted by Crippen LogP contribution is 2.40. The lowest BCUT2D eigenvalue weighted by atomic mass is 9.99. The van der Waals surface area contributed by atoms with Crippen LogP contribution in [0.2, 0.25) is 0 Å². The summed E-state index contributed by atoms with van der Waals surface area (Å²) >= 11 is 0. The summed E-state index contributed by atoms with van der Waals surface area (Å²) in [5, 5.41) is 7.17. The van der Waals surface area contributed by atoms with Gasteiger partial charge < -0.3 is 10.6 Å². The first-order valence-corrected chi connectivity index (χ1v) is 11.8. The zero-order valence-corrected chi connectivity index (χ0v) is 18.7. The van der Waals surface area contributed by atoms with Crippen molar-refractivity contribution >= 4 is 11.6 Å². The normalized spacial score (nSPS) is 17.0. The van der Waals surface area contributed by atoms with Crippen LogP contribution in [0.5, 0.6) is 0 Å². The summed E-state index contributed by atoms with van der Waals surface area (Å²) in [6.07, 6.45) is 4.45. The van der Waals surface area contributed by atoms with Crippen LogP contribution in [0.3, 0.4) is 0 Å². The number of rotatable bonds is 7. The number of ketones is 1. The van der Waals surface area contributed by atoms with Crippen LogP contribution in [0.4, 0.5) is 5.82 Å². The van der Waals surface area contributed by atoms with Gasteiger partial charge in [0.25, 0.3) is 0 Å². The van der Waals surface area contributed by atoms with Crippen LogP contribution in [-0.2, 0) is 12.8 Å². The highest BCUT2D eigenvalue weighted by atomic mass is 16.1. The molecule has 2 aromatic carbocycles. The van der Waals surface area contributed by atoms with Gasteiger partial charge in [-0.3, -0.25) is 4.79 Å². The molecule has 1 atom stereocenters. The Bertz CT molecular complexity index is 1120. The number of nitrogens with zero attached hydrogens (tertiary/aromatic N) is 2. The van der Waals surface area contributed by atoms with Crippen molar-refractivity contribution in [2.75, 3.05) is 25.0 Å². The summed E-state index contributed by atoms with van der Waals surface area (Å²) < 4.78 is 0. The van der Waals surface area contributed by atoms with E-state index in [1.54, 1.807) is 0 Å². The molecule has 0 spiro atoms. The molecule has 5 heteroatoms. The summed E-state index contributed by atoms with van der Waals surface area (Å²) in [7, 11) is 0. The number of nitrogens with one attached hydrogen (secondary N) is 2. The highest BCUT2D eigenvalue weighted by Gasteiger charge is 2.26. The second kappa shape index (κ2) is 9.21. The quantitative estimate of drug-likeness (QED) is 0.421. The Hall–Kier alpha value is -3.05. The van der Waals surface area contributed by atoms with E-state index in [1.165, 1.54) is 24.0 Å². The molecular formula is C27H30N4O. The highest BCUT2D eigenvalue weighted by molar-refractivity contribution is 5.97. The number of hydrogen-bond donors (Lipinski definition) is 2. The lowest BCUT2D eigenvalue weighted by Gasteiger charge is -2.24. The van der Waals surface area contributed by atoms with Gasteiger partial charge in [0.1, 0.15) is 11.6 Å². The van der Waals surface area contributed by atoms with Crippen LogP contribution >= 0.6 is 0 Å². The molecule has 0 saturated carbocycles. The smallest absolute Gasteiger partial charge is 0.162 e. The van der Waals surface area contributed by atoms with Crippen molar-refractivity contribution in [2.24, 2.45) is 5.92 Å². The number of anilines is 1. The van der Waals surface area contributed by atoms with E-state index >= 15 is 0 Å². The number of benzene rings is 2. The van der Waals surface area contributed by atoms with Crippen LogP contribution in [0, 0.1) is 5.92 Å². The van der Waals surface area contributed by atoms with Crippen LogP contribution < -0.4 is 10.6 Å². The second-order valence-corrected chi connectivity index (χ2v) is 8.89. The van der Waals surface area contributed by atoms with Crippen LogP contribution in [-0.4, -0.2) is 35.4 Å². The number of hydrogen-bond acceptors (Lipinski definition) is 5. The van der Waals surface area contributed by atoms with Crippen LogP contribution in [0.15, 0.2) is 48.5 Å². The Kier molecular flexibility index (Phi) is 5.99. The SMILES string of the molecule is CCC(=O)c1ccc2c(c1)Cc1nc(Cc3ccccc3)nc(NCC3CCCNC3)c1-2. The van der Waals surface area contributed by atoms with Crippen LogP contribution in [0.1, 0.15) is 59.2 Å². The Labute approximate surface area is 189 Å². The third kappa shape index (κ3) is 4.30. The molecule has 1 aromatic heterocycles. The first-order valence-electron chi connectivity index (χ1n) is 11.8. The molecule has 5 nitrogen and oxygen atoms in total. The van der Waals surface area contributed by atoms with Crippen LogP contribution in [0.25, 0.3) is 11.1 Å². The van der Waals surface area contributed by atoms with E-state index in [9.17, 15) is 4.79 Å². The van der Waals surface area contributed by atoms with Crippen molar-refractivity contribution in [1.82, 2.24) is 15.3 Å². The van der Waals surface area contributed by atoms with Gasteiger partial charge in [0, 0.05) is 36.9 Å². The maximum atomic E-state index is 12.2. The van der Waals surface area contributed by atoms with E-state index in [2.05, 4.69) is 47.0 Å². The summed E-state index contributed by atoms with van der Waals surface area (Å²) in [6.45, 7) is 4.99. The van der Waals surface area contributed by atoms with E-state index in [0.29, 0.717) is 18.8 Å². The molecule has 0 amide bonds. The molecule has 1 saturated heterocycles. The van der Waals surface area contributed by atoms with Gasteiger partial charge in [0.2, 0.25) is 0 Å². The molecule has 1 aliphatic heterocycles. The number of Topliss-reactive ketones (excluding diaryl/α,β-unsaturated/α-hetero) is 1. The molecule has 1 fully saturated rings. The maximum Gasteiger partial charge on any atom is 0.162 e. The minimum absolute atomic E-state index is 0.183. The molecule has 2 N–H and O–H groups in total. The average Bonchev–Trinajstić information content (AvgIpc) is 3.21. The zero-order chi connectivity index (χ0) is 21.9. The molecule has 1 unspecified atom stereocenters. The van der Waals surface area contributed by atoms with E-state index in [1.807, 2.05) is 19.1 Å². The third-order valence-electron chi connectivity index (χ3n) is 6.57. The number of carbonyl (C=O) groups is 1. The standard InChI is InChI=1S/C27H30N4O/c1-2-24(32)20-10-11-22-21(14-20)15-23-26(22)27(29-17-19-9-6-12-28-16-19)31-25(30-23)13-18-7-4-3-5-8-18/h3-5,7-8,10-11,14,19,28H,2,6,9,12-13,15-17H2,1H3,(H,29,30,31). The van der Waals surface area contributed by atoms with Crippen molar-refractivity contribution < 1.29 is 4.79 Å². The van der Waals surface area contributed by atoms with Gasteiger partial charge in [-0.1, -0.05) is 49.4 Å². The predicted molar refractivity (Wildman–Crippen MR) is 128 cm³/mol. The van der Waals surface area contributed by atoms with Gasteiger partial charge in [-0.25, -0.2) is 9.97 Å². The molecule has 0 radical (unpaired) electrons. The minimum atomic E-state index is 0.183. The van der Waals surface area contributed by atoms with Crippen molar-refractivity contribution in [2.45, 2.75) is 39.0 Å². The molecule has 2 aliphatic rings. The van der Waals surface area contributed by atoms with E-state index in [0.717, 1.165) is 60.1 Å². The van der Waals surface area contributed by atoms with Gasteiger partial charge in [-0.15, -0.1) is 0 Å². The van der Waals surface area contributed by atoms with Gasteiger partial charge in [0.05, 0.1) is 5.69 Å². The fraction of sp³-hybridized carbons (Fsp3) is 0.370. The van der Waals surface area contributed by atoms with Gasteiger partial charge in [0.15, 0.2) is 5.78 Å². The molecular weight excluding hydrogens is 396 g/mol. The molecule has 5 rings (SSSR count). The average molecular weight is 427 g/mol. The summed E-state index contributed by atoms with van der Waals surface area (Å²) in [4.78, 5) is 22.2. The molecule has 1 aliphatic carbocycles. The predicted octanol–water partition coefficient (Wildman–Crippen LogP) is 4.64. The van der Waals surface area contributed by atoms with Gasteiger partial charge in [-0.05, 0) is 54.6 Å². The van der Waals surface area contributed by atoms with Crippen molar-refractivity contribution in [3.05, 3.63) is 76.7 Å². The summed E-state index contributed by atoms with van der Waals surface area (Å²) in [5.74, 6) is 2.57. The summed E-state index contributed by atoms with van der Waals surface area (Å²) in [5.41, 5.74) is 6.50. The minimum Gasteiger partial charge on any atom is -0.369 e. The lowest BCUT2D eigenvalue weighted by molar-refractivity contribution is 0.0988. The first-order chi connectivity index (χ1) is 15.7. The fourth-order valence-electron chi connectivity index (χ4n) is 4.84. The molecule has 164 valence electrons. The van der Waals surface area contributed by atoms with E-state index in [-0.39, 0.29) is 5.78 Å². The third-order valence-corrected chi connectivity index (χ3v) is 6.57. The number of piperidine rings is 1. The van der Waals surface area contributed by atoms with Gasteiger partial charge >= 0.3 is 0 Å². The topological polar surface area (TPSA) is 66.9 Å². The number of carbonyl (C=O) groups excluding carboxylic acids is 1. The molecule has 32 heavy (non-hydrogen) atoms. The number of fused-ring (bicyclic) bond motifs is 3. The van der Waals surface area contributed by atoms with Crippen molar-refractivity contribution in [3.8, 4) is 11.1 Å². The zero-order valence-electron chi connectivity index (χ0n) is 18.7.